The number of hydrogen-bond acceptors (Lipinski definition) is 5. The van der Waals surface area contributed by atoms with Crippen LogP contribution in [0, 0.1) is 0 Å². The highest BCUT2D eigenvalue weighted by Gasteiger charge is 2.31. The Hall–Kier alpha value is -0.550. The lowest BCUT2D eigenvalue weighted by atomic mass is 9.84. The van der Waals surface area contributed by atoms with E-state index in [-0.39, 0.29) is 0 Å². The van der Waals surface area contributed by atoms with Crippen molar-refractivity contribution in [1.82, 2.24) is 15.5 Å². The van der Waals surface area contributed by atoms with Gasteiger partial charge in [-0.3, -0.25) is 0 Å². The molecule has 1 aromatic rings. The fourth-order valence-corrected chi connectivity index (χ4v) is 4.71. The Kier molecular flexibility index (Phi) is 5.58. The highest BCUT2D eigenvalue weighted by atomic mass is 32.2. The molecule has 1 aliphatic heterocycles. The van der Waals surface area contributed by atoms with Crippen LogP contribution < -0.4 is 5.32 Å². The van der Waals surface area contributed by atoms with Gasteiger partial charge < -0.3 is 9.84 Å². The van der Waals surface area contributed by atoms with Gasteiger partial charge in [0.15, 0.2) is 5.82 Å². The predicted molar refractivity (Wildman–Crippen MR) is 86.6 cm³/mol. The Balaban J connectivity index is 1.67. The van der Waals surface area contributed by atoms with E-state index in [0.29, 0.717) is 17.2 Å². The minimum absolute atomic E-state index is 0.417. The highest BCUT2D eigenvalue weighted by molar-refractivity contribution is 7.99. The summed E-state index contributed by atoms with van der Waals surface area (Å²) < 4.78 is 5.65. The maximum Gasteiger partial charge on any atom is 0.231 e. The van der Waals surface area contributed by atoms with Crippen LogP contribution in [-0.4, -0.2) is 28.5 Å². The molecule has 1 N–H and O–H groups in total. The molecule has 118 valence electrons. The molecule has 21 heavy (non-hydrogen) atoms. The van der Waals surface area contributed by atoms with Crippen LogP contribution in [0.25, 0.3) is 0 Å². The van der Waals surface area contributed by atoms with Gasteiger partial charge in [-0.1, -0.05) is 31.3 Å². The van der Waals surface area contributed by atoms with Crippen LogP contribution in [0.15, 0.2) is 4.52 Å². The largest absolute Gasteiger partial charge is 0.339 e. The minimum atomic E-state index is 0.417. The van der Waals surface area contributed by atoms with E-state index in [1.807, 2.05) is 11.8 Å². The maximum absolute atomic E-state index is 5.65. The Morgan fingerprint density at radius 3 is 2.86 bits per heavy atom. The van der Waals surface area contributed by atoms with Gasteiger partial charge in [-0.15, -0.1) is 0 Å². The fraction of sp³-hybridized carbons (Fsp3) is 0.875. The standard InChI is InChI=1S/C16H27N3OS/c1-2-10-17-13-8-4-3-7-12(13)16-18-15(19-20-16)14-9-5-6-11-21-14/h12-14,17H,2-11H2,1H3. The predicted octanol–water partition coefficient (Wildman–Crippen LogP) is 4.05. The second-order valence-corrected chi connectivity index (χ2v) is 7.61. The highest BCUT2D eigenvalue weighted by Crippen LogP contribution is 2.38. The van der Waals surface area contributed by atoms with Crippen LogP contribution in [0.3, 0.4) is 0 Å². The number of aromatic nitrogens is 2. The van der Waals surface area contributed by atoms with Crippen molar-refractivity contribution in [1.29, 1.82) is 0 Å². The first-order chi connectivity index (χ1) is 10.4. The molecule has 2 heterocycles. The summed E-state index contributed by atoms with van der Waals surface area (Å²) in [5.74, 6) is 3.47. The number of nitrogens with one attached hydrogen (secondary N) is 1. The second-order valence-electron chi connectivity index (χ2n) is 6.30. The lowest BCUT2D eigenvalue weighted by molar-refractivity contribution is 0.262. The van der Waals surface area contributed by atoms with Crippen molar-refractivity contribution >= 4 is 11.8 Å². The molecular formula is C16H27N3OS. The molecule has 0 radical (unpaired) electrons. The van der Waals surface area contributed by atoms with E-state index < -0.39 is 0 Å². The van der Waals surface area contributed by atoms with Crippen LogP contribution >= 0.6 is 11.8 Å². The first kappa shape index (κ1) is 15.3. The van der Waals surface area contributed by atoms with Gasteiger partial charge in [0.25, 0.3) is 0 Å². The Labute approximate surface area is 131 Å². The van der Waals surface area contributed by atoms with Crippen molar-refractivity contribution in [2.24, 2.45) is 0 Å². The summed E-state index contributed by atoms with van der Waals surface area (Å²) in [6.45, 7) is 3.30. The molecule has 4 nitrogen and oxygen atoms in total. The second kappa shape index (κ2) is 7.63. The molecule has 0 aromatic carbocycles. The van der Waals surface area contributed by atoms with Gasteiger partial charge in [0.2, 0.25) is 5.89 Å². The van der Waals surface area contributed by atoms with E-state index in [1.165, 1.54) is 57.1 Å². The Morgan fingerprint density at radius 2 is 2.05 bits per heavy atom. The first-order valence-corrected chi connectivity index (χ1v) is 9.62. The molecule has 3 rings (SSSR count). The lowest BCUT2D eigenvalue weighted by Crippen LogP contribution is -2.37. The third-order valence-corrected chi connectivity index (χ3v) is 6.04. The van der Waals surface area contributed by atoms with E-state index in [4.69, 9.17) is 9.51 Å². The van der Waals surface area contributed by atoms with Gasteiger partial charge in [0, 0.05) is 6.04 Å². The van der Waals surface area contributed by atoms with E-state index in [9.17, 15) is 0 Å². The van der Waals surface area contributed by atoms with Gasteiger partial charge in [-0.25, -0.2) is 0 Å². The number of nitrogens with zero attached hydrogens (tertiary/aromatic N) is 2. The van der Waals surface area contributed by atoms with E-state index >= 15 is 0 Å². The summed E-state index contributed by atoms with van der Waals surface area (Å²) >= 11 is 1.99. The van der Waals surface area contributed by atoms with Crippen molar-refractivity contribution in [2.45, 2.75) is 75.5 Å². The van der Waals surface area contributed by atoms with Gasteiger partial charge >= 0.3 is 0 Å². The molecule has 1 aliphatic carbocycles. The normalized spacial score (nSPS) is 30.4. The third kappa shape index (κ3) is 3.81. The van der Waals surface area contributed by atoms with Crippen LogP contribution in [0.4, 0.5) is 0 Å². The zero-order valence-corrected chi connectivity index (χ0v) is 13.8. The van der Waals surface area contributed by atoms with Crippen LogP contribution in [0.1, 0.15) is 81.2 Å². The molecule has 0 bridgehead atoms. The van der Waals surface area contributed by atoms with Crippen LogP contribution in [-0.2, 0) is 0 Å². The topological polar surface area (TPSA) is 51.0 Å². The zero-order chi connectivity index (χ0) is 14.5. The molecule has 1 aromatic heterocycles. The number of hydrogen-bond donors (Lipinski definition) is 1. The molecule has 3 atom stereocenters. The summed E-state index contributed by atoms with van der Waals surface area (Å²) in [7, 11) is 0. The van der Waals surface area contributed by atoms with Crippen molar-refractivity contribution in [3.8, 4) is 0 Å². The third-order valence-electron chi connectivity index (χ3n) is 4.66. The monoisotopic (exact) mass is 309 g/mol. The average molecular weight is 309 g/mol. The van der Waals surface area contributed by atoms with Gasteiger partial charge in [0.05, 0.1) is 11.2 Å². The van der Waals surface area contributed by atoms with Crippen LogP contribution in [0.2, 0.25) is 0 Å². The van der Waals surface area contributed by atoms with Crippen molar-refractivity contribution in [3.63, 3.8) is 0 Å². The van der Waals surface area contributed by atoms with Gasteiger partial charge in [0.1, 0.15) is 0 Å². The minimum Gasteiger partial charge on any atom is -0.339 e. The van der Waals surface area contributed by atoms with E-state index in [1.54, 1.807) is 0 Å². The summed E-state index contributed by atoms with van der Waals surface area (Å²) in [5.41, 5.74) is 0. The molecule has 0 amide bonds. The maximum atomic E-state index is 5.65. The summed E-state index contributed by atoms with van der Waals surface area (Å²) in [5, 5.41) is 8.43. The number of thioether (sulfide) groups is 1. The molecule has 5 heteroatoms. The SMILES string of the molecule is CCCNC1CCCCC1c1nc(C2CCCCS2)no1. The molecule has 2 fully saturated rings. The van der Waals surface area contributed by atoms with E-state index in [0.717, 1.165) is 18.3 Å². The van der Waals surface area contributed by atoms with E-state index in [2.05, 4.69) is 17.4 Å². The molecule has 0 spiro atoms. The first-order valence-electron chi connectivity index (χ1n) is 8.57. The molecule has 1 saturated carbocycles. The molecule has 1 saturated heterocycles. The lowest BCUT2D eigenvalue weighted by Gasteiger charge is -2.29. The Morgan fingerprint density at radius 1 is 1.19 bits per heavy atom. The summed E-state index contributed by atoms with van der Waals surface area (Å²) in [6.07, 6.45) is 10.0. The molecule has 3 unspecified atom stereocenters. The van der Waals surface area contributed by atoms with Crippen molar-refractivity contribution in [3.05, 3.63) is 11.7 Å². The average Bonchev–Trinajstić information content (AvgIpc) is 3.04. The van der Waals surface area contributed by atoms with Gasteiger partial charge in [-0.05, 0) is 44.4 Å². The Bertz CT molecular complexity index is 431. The molecule has 2 aliphatic rings. The van der Waals surface area contributed by atoms with Crippen molar-refractivity contribution < 1.29 is 4.52 Å². The van der Waals surface area contributed by atoms with Crippen molar-refractivity contribution in [2.75, 3.05) is 12.3 Å². The number of rotatable bonds is 5. The molecular weight excluding hydrogens is 282 g/mol. The zero-order valence-electron chi connectivity index (χ0n) is 13.0. The quantitative estimate of drug-likeness (QED) is 0.889. The smallest absolute Gasteiger partial charge is 0.231 e. The fourth-order valence-electron chi connectivity index (χ4n) is 3.47. The van der Waals surface area contributed by atoms with Gasteiger partial charge in [-0.2, -0.15) is 16.7 Å². The summed E-state index contributed by atoms with van der Waals surface area (Å²) in [6, 6.07) is 0.519. The van der Waals surface area contributed by atoms with Crippen LogP contribution in [0.5, 0.6) is 0 Å². The summed E-state index contributed by atoms with van der Waals surface area (Å²) in [4.78, 5) is 4.78.